The highest BCUT2D eigenvalue weighted by Crippen LogP contribution is 2.43. The van der Waals surface area contributed by atoms with Crippen molar-refractivity contribution >= 4 is 18.3 Å². The molecule has 100 valence electrons. The molecule has 2 aliphatic rings. The van der Waals surface area contributed by atoms with Crippen molar-refractivity contribution < 1.29 is 4.79 Å². The molecule has 0 aromatic rings. The van der Waals surface area contributed by atoms with E-state index in [0.29, 0.717) is 5.41 Å². The average Bonchev–Trinajstić information content (AvgIpc) is 2.29. The summed E-state index contributed by atoms with van der Waals surface area (Å²) in [6.07, 6.45) is 9.18. The average molecular weight is 261 g/mol. The molecular formula is C13H25ClN2O. The molecule has 1 saturated carbocycles. The molecule has 0 aromatic heterocycles. The standard InChI is InChI=1S/C13H24N2O.ClH/c1-11(14)12(16)15-9-5-8-13(10-15)6-3-2-4-7-13;/h11H,2-10,14H2,1H3;1H/t11-;/m1./s1. The number of hydrogen-bond donors (Lipinski definition) is 1. The Balaban J connectivity index is 0.00000144. The fourth-order valence-electron chi connectivity index (χ4n) is 3.39. The molecule has 2 N–H and O–H groups in total. The first-order chi connectivity index (χ1) is 7.63. The van der Waals surface area contributed by atoms with Crippen LogP contribution < -0.4 is 5.73 Å². The van der Waals surface area contributed by atoms with Gasteiger partial charge < -0.3 is 10.6 Å². The Hall–Kier alpha value is -0.280. The molecule has 4 heteroatoms. The van der Waals surface area contributed by atoms with E-state index in [9.17, 15) is 4.79 Å². The van der Waals surface area contributed by atoms with Crippen LogP contribution in [0.5, 0.6) is 0 Å². The van der Waals surface area contributed by atoms with Gasteiger partial charge in [0.15, 0.2) is 0 Å². The van der Waals surface area contributed by atoms with Crippen molar-refractivity contribution in [3.05, 3.63) is 0 Å². The molecule has 0 aromatic carbocycles. The third-order valence-corrected chi connectivity index (χ3v) is 4.28. The van der Waals surface area contributed by atoms with Gasteiger partial charge in [-0.3, -0.25) is 4.79 Å². The summed E-state index contributed by atoms with van der Waals surface area (Å²) in [5.41, 5.74) is 6.14. The SMILES string of the molecule is C[C@@H](N)C(=O)N1CCCC2(CCCCC2)C1.Cl. The van der Waals surface area contributed by atoms with Gasteiger partial charge in [-0.1, -0.05) is 19.3 Å². The predicted molar refractivity (Wildman–Crippen MR) is 72.2 cm³/mol. The largest absolute Gasteiger partial charge is 0.341 e. The van der Waals surface area contributed by atoms with Gasteiger partial charge in [0, 0.05) is 13.1 Å². The molecule has 2 fully saturated rings. The summed E-state index contributed by atoms with van der Waals surface area (Å²) in [6, 6.07) is -0.334. The molecule has 17 heavy (non-hydrogen) atoms. The molecule has 3 nitrogen and oxygen atoms in total. The van der Waals surface area contributed by atoms with Crippen molar-refractivity contribution in [2.24, 2.45) is 11.1 Å². The molecule has 1 heterocycles. The maximum atomic E-state index is 11.9. The molecule has 1 spiro atoms. The van der Waals surface area contributed by atoms with E-state index in [4.69, 9.17) is 5.73 Å². The van der Waals surface area contributed by atoms with Crippen LogP contribution in [-0.4, -0.2) is 29.9 Å². The lowest BCUT2D eigenvalue weighted by atomic mass is 9.69. The van der Waals surface area contributed by atoms with E-state index in [0.717, 1.165) is 13.1 Å². The second kappa shape index (κ2) is 6.05. The van der Waals surface area contributed by atoms with Crippen molar-refractivity contribution in [1.82, 2.24) is 4.90 Å². The topological polar surface area (TPSA) is 46.3 Å². The zero-order valence-electron chi connectivity index (χ0n) is 10.8. The van der Waals surface area contributed by atoms with E-state index in [1.54, 1.807) is 6.92 Å². The lowest BCUT2D eigenvalue weighted by molar-refractivity contribution is -0.136. The highest BCUT2D eigenvalue weighted by molar-refractivity contribution is 5.85. The highest BCUT2D eigenvalue weighted by atomic mass is 35.5. The molecule has 0 bridgehead atoms. The first kappa shape index (κ1) is 14.8. The summed E-state index contributed by atoms with van der Waals surface area (Å²) >= 11 is 0. The van der Waals surface area contributed by atoms with Crippen LogP contribution in [0, 0.1) is 5.41 Å². The lowest BCUT2D eigenvalue weighted by Gasteiger charge is -2.45. The first-order valence-electron chi connectivity index (χ1n) is 6.67. The van der Waals surface area contributed by atoms with Crippen molar-refractivity contribution in [3.8, 4) is 0 Å². The highest BCUT2D eigenvalue weighted by Gasteiger charge is 2.38. The summed E-state index contributed by atoms with van der Waals surface area (Å²) in [5.74, 6) is 0.143. The van der Waals surface area contributed by atoms with E-state index < -0.39 is 0 Å². The summed E-state index contributed by atoms with van der Waals surface area (Å²) in [7, 11) is 0. The molecule has 1 atom stereocenters. The molecule has 0 unspecified atom stereocenters. The minimum absolute atomic E-state index is 0. The minimum Gasteiger partial charge on any atom is -0.341 e. The number of carbonyl (C=O) groups is 1. The van der Waals surface area contributed by atoms with E-state index >= 15 is 0 Å². The summed E-state index contributed by atoms with van der Waals surface area (Å²) in [4.78, 5) is 13.9. The van der Waals surface area contributed by atoms with Crippen LogP contribution in [0.3, 0.4) is 0 Å². The van der Waals surface area contributed by atoms with Gasteiger partial charge in [-0.05, 0) is 38.0 Å². The van der Waals surface area contributed by atoms with Crippen molar-refractivity contribution in [2.75, 3.05) is 13.1 Å². The maximum Gasteiger partial charge on any atom is 0.239 e. The zero-order chi connectivity index (χ0) is 11.6. The number of piperidine rings is 1. The molecule has 1 saturated heterocycles. The van der Waals surface area contributed by atoms with E-state index in [-0.39, 0.29) is 24.4 Å². The van der Waals surface area contributed by atoms with Crippen LogP contribution in [0.4, 0.5) is 0 Å². The summed E-state index contributed by atoms with van der Waals surface area (Å²) in [6.45, 7) is 3.68. The number of rotatable bonds is 1. The Morgan fingerprint density at radius 3 is 2.35 bits per heavy atom. The van der Waals surface area contributed by atoms with Crippen molar-refractivity contribution in [1.29, 1.82) is 0 Å². The van der Waals surface area contributed by atoms with Crippen LogP contribution in [0.25, 0.3) is 0 Å². The van der Waals surface area contributed by atoms with Crippen LogP contribution in [0.15, 0.2) is 0 Å². The molecular weight excluding hydrogens is 236 g/mol. The lowest BCUT2D eigenvalue weighted by Crippen LogP contribution is -2.51. The maximum absolute atomic E-state index is 11.9. The van der Waals surface area contributed by atoms with Gasteiger partial charge in [0.25, 0.3) is 0 Å². The van der Waals surface area contributed by atoms with Crippen molar-refractivity contribution in [3.63, 3.8) is 0 Å². The Labute approximate surface area is 111 Å². The number of hydrogen-bond acceptors (Lipinski definition) is 2. The quantitative estimate of drug-likeness (QED) is 0.787. The van der Waals surface area contributed by atoms with Gasteiger partial charge in [-0.2, -0.15) is 0 Å². The number of likely N-dealkylation sites (tertiary alicyclic amines) is 1. The van der Waals surface area contributed by atoms with E-state index in [1.807, 2.05) is 4.90 Å². The smallest absolute Gasteiger partial charge is 0.239 e. The normalized spacial score (nSPS) is 25.2. The first-order valence-corrected chi connectivity index (χ1v) is 6.67. The number of nitrogens with zero attached hydrogens (tertiary/aromatic N) is 1. The van der Waals surface area contributed by atoms with Crippen LogP contribution in [0.1, 0.15) is 51.9 Å². The van der Waals surface area contributed by atoms with Gasteiger partial charge in [0.05, 0.1) is 6.04 Å². The monoisotopic (exact) mass is 260 g/mol. The Morgan fingerprint density at radius 1 is 1.18 bits per heavy atom. The molecule has 1 aliphatic heterocycles. The van der Waals surface area contributed by atoms with Gasteiger partial charge >= 0.3 is 0 Å². The molecule has 1 amide bonds. The van der Waals surface area contributed by atoms with Gasteiger partial charge in [-0.25, -0.2) is 0 Å². The molecule has 1 aliphatic carbocycles. The second-order valence-corrected chi connectivity index (χ2v) is 5.71. The van der Waals surface area contributed by atoms with Gasteiger partial charge in [0.1, 0.15) is 0 Å². The summed E-state index contributed by atoms with van der Waals surface area (Å²) < 4.78 is 0. The van der Waals surface area contributed by atoms with E-state index in [2.05, 4.69) is 0 Å². The fraction of sp³-hybridized carbons (Fsp3) is 0.923. The number of carbonyl (C=O) groups excluding carboxylic acids is 1. The van der Waals surface area contributed by atoms with Crippen LogP contribution in [0.2, 0.25) is 0 Å². The third kappa shape index (κ3) is 3.35. The molecule has 2 rings (SSSR count). The Kier molecular flexibility index (Phi) is 5.26. The predicted octanol–water partition coefficient (Wildman–Crippen LogP) is 2.33. The van der Waals surface area contributed by atoms with E-state index in [1.165, 1.54) is 44.9 Å². The second-order valence-electron chi connectivity index (χ2n) is 5.71. The Bertz CT molecular complexity index is 257. The van der Waals surface area contributed by atoms with Crippen LogP contribution >= 0.6 is 12.4 Å². The summed E-state index contributed by atoms with van der Waals surface area (Å²) in [5, 5.41) is 0. The van der Waals surface area contributed by atoms with Gasteiger partial charge in [-0.15, -0.1) is 12.4 Å². The molecule has 0 radical (unpaired) electrons. The Morgan fingerprint density at radius 2 is 1.76 bits per heavy atom. The zero-order valence-corrected chi connectivity index (χ0v) is 11.6. The fourth-order valence-corrected chi connectivity index (χ4v) is 3.39. The minimum atomic E-state index is -0.334. The number of amides is 1. The van der Waals surface area contributed by atoms with Crippen LogP contribution in [-0.2, 0) is 4.79 Å². The number of halogens is 1. The van der Waals surface area contributed by atoms with Crippen molar-refractivity contribution in [2.45, 2.75) is 57.9 Å². The number of nitrogens with two attached hydrogens (primary N) is 1. The van der Waals surface area contributed by atoms with Gasteiger partial charge in [0.2, 0.25) is 5.91 Å². The third-order valence-electron chi connectivity index (χ3n) is 4.28.